The Balaban J connectivity index is 1.59. The SMILES string of the molecule is Fc1ccc(Oc2nc3n[nH]c(-c4ccccc4Cl)c3cc2CN2CCOCC2)c(F)c1. The highest BCUT2D eigenvalue weighted by atomic mass is 35.5. The summed E-state index contributed by atoms with van der Waals surface area (Å²) in [7, 11) is 0. The fourth-order valence-corrected chi connectivity index (χ4v) is 3.93. The van der Waals surface area contributed by atoms with Gasteiger partial charge in [-0.2, -0.15) is 10.1 Å². The number of aromatic amines is 1. The predicted octanol–water partition coefficient (Wildman–Crippen LogP) is 5.18. The minimum absolute atomic E-state index is 0.108. The Morgan fingerprint density at radius 1 is 1.09 bits per heavy atom. The number of aromatic nitrogens is 3. The first-order chi connectivity index (χ1) is 15.6. The maximum Gasteiger partial charge on any atom is 0.226 e. The first kappa shape index (κ1) is 20.8. The van der Waals surface area contributed by atoms with Crippen LogP contribution in [0.15, 0.2) is 48.5 Å². The number of rotatable bonds is 5. The van der Waals surface area contributed by atoms with Gasteiger partial charge >= 0.3 is 0 Å². The summed E-state index contributed by atoms with van der Waals surface area (Å²) in [5, 5.41) is 8.66. The smallest absolute Gasteiger partial charge is 0.226 e. The lowest BCUT2D eigenvalue weighted by Crippen LogP contribution is -2.35. The van der Waals surface area contributed by atoms with Gasteiger partial charge in [0.25, 0.3) is 0 Å². The molecule has 5 rings (SSSR count). The number of fused-ring (bicyclic) bond motifs is 1. The molecule has 6 nitrogen and oxygen atoms in total. The van der Waals surface area contributed by atoms with Crippen molar-refractivity contribution < 1.29 is 18.3 Å². The van der Waals surface area contributed by atoms with Gasteiger partial charge in [0.1, 0.15) is 5.82 Å². The van der Waals surface area contributed by atoms with E-state index in [0.29, 0.717) is 30.4 Å². The second kappa shape index (κ2) is 8.82. The molecule has 0 aliphatic carbocycles. The quantitative estimate of drug-likeness (QED) is 0.448. The zero-order chi connectivity index (χ0) is 22.1. The summed E-state index contributed by atoms with van der Waals surface area (Å²) in [4.78, 5) is 6.75. The van der Waals surface area contributed by atoms with Crippen molar-refractivity contribution in [1.82, 2.24) is 20.1 Å². The highest BCUT2D eigenvalue weighted by molar-refractivity contribution is 6.33. The van der Waals surface area contributed by atoms with Crippen molar-refractivity contribution in [3.05, 3.63) is 70.8 Å². The summed E-state index contributed by atoms with van der Waals surface area (Å²) in [6.45, 7) is 3.30. The van der Waals surface area contributed by atoms with Crippen LogP contribution in [0.5, 0.6) is 11.6 Å². The van der Waals surface area contributed by atoms with E-state index in [1.54, 1.807) is 6.07 Å². The van der Waals surface area contributed by atoms with Crippen LogP contribution in [-0.4, -0.2) is 46.4 Å². The van der Waals surface area contributed by atoms with Gasteiger partial charge in [0.2, 0.25) is 5.88 Å². The van der Waals surface area contributed by atoms with Crippen LogP contribution in [0.25, 0.3) is 22.3 Å². The molecule has 32 heavy (non-hydrogen) atoms. The van der Waals surface area contributed by atoms with Gasteiger partial charge in [-0.1, -0.05) is 29.8 Å². The highest BCUT2D eigenvalue weighted by Crippen LogP contribution is 2.35. The van der Waals surface area contributed by atoms with Gasteiger partial charge in [0.15, 0.2) is 17.2 Å². The number of pyridine rings is 1. The summed E-state index contributed by atoms with van der Waals surface area (Å²) in [5.41, 5.74) is 2.69. The molecule has 0 amide bonds. The van der Waals surface area contributed by atoms with Gasteiger partial charge in [-0.05, 0) is 24.3 Å². The first-order valence-corrected chi connectivity index (χ1v) is 10.5. The van der Waals surface area contributed by atoms with Crippen molar-refractivity contribution in [2.45, 2.75) is 6.54 Å². The molecule has 0 atom stereocenters. The summed E-state index contributed by atoms with van der Waals surface area (Å²) in [5.74, 6) is -1.37. The Hall–Kier alpha value is -3.07. The molecule has 2 aromatic carbocycles. The zero-order valence-electron chi connectivity index (χ0n) is 16.9. The molecule has 1 saturated heterocycles. The molecule has 0 bridgehead atoms. The molecular weight excluding hydrogens is 438 g/mol. The van der Waals surface area contributed by atoms with E-state index in [1.165, 1.54) is 6.07 Å². The molecule has 2 aromatic heterocycles. The summed E-state index contributed by atoms with van der Waals surface area (Å²) >= 11 is 6.39. The molecule has 0 radical (unpaired) electrons. The zero-order valence-corrected chi connectivity index (χ0v) is 17.7. The number of nitrogens with one attached hydrogen (secondary N) is 1. The van der Waals surface area contributed by atoms with Crippen LogP contribution in [0.1, 0.15) is 5.56 Å². The lowest BCUT2D eigenvalue weighted by Gasteiger charge is -2.27. The molecule has 0 saturated carbocycles. The molecule has 1 fully saturated rings. The summed E-state index contributed by atoms with van der Waals surface area (Å²) in [6.07, 6.45) is 0. The number of halogens is 3. The fourth-order valence-electron chi connectivity index (χ4n) is 3.70. The van der Waals surface area contributed by atoms with E-state index >= 15 is 0 Å². The molecule has 3 heterocycles. The van der Waals surface area contributed by atoms with Crippen LogP contribution >= 0.6 is 11.6 Å². The first-order valence-electron chi connectivity index (χ1n) is 10.1. The van der Waals surface area contributed by atoms with Crippen LogP contribution in [0.3, 0.4) is 0 Å². The van der Waals surface area contributed by atoms with Crippen molar-refractivity contribution in [2.24, 2.45) is 0 Å². The Morgan fingerprint density at radius 2 is 1.91 bits per heavy atom. The third-order valence-electron chi connectivity index (χ3n) is 5.33. The predicted molar refractivity (Wildman–Crippen MR) is 117 cm³/mol. The molecule has 0 unspecified atom stereocenters. The van der Waals surface area contributed by atoms with Crippen molar-refractivity contribution in [2.75, 3.05) is 26.3 Å². The second-order valence-electron chi connectivity index (χ2n) is 7.47. The lowest BCUT2D eigenvalue weighted by atomic mass is 10.1. The number of morpholine rings is 1. The number of H-pyrrole nitrogens is 1. The fraction of sp³-hybridized carbons (Fsp3) is 0.217. The molecule has 164 valence electrons. The minimum Gasteiger partial charge on any atom is -0.436 e. The van der Waals surface area contributed by atoms with Crippen molar-refractivity contribution in [3.8, 4) is 22.9 Å². The van der Waals surface area contributed by atoms with Gasteiger partial charge in [0, 0.05) is 47.2 Å². The summed E-state index contributed by atoms with van der Waals surface area (Å²) < 4.78 is 38.8. The summed E-state index contributed by atoms with van der Waals surface area (Å²) in [6, 6.07) is 12.5. The third-order valence-corrected chi connectivity index (χ3v) is 5.66. The monoisotopic (exact) mass is 456 g/mol. The normalized spacial score (nSPS) is 14.7. The largest absolute Gasteiger partial charge is 0.436 e. The maximum absolute atomic E-state index is 14.3. The second-order valence-corrected chi connectivity index (χ2v) is 7.87. The Kier molecular flexibility index (Phi) is 5.73. The number of ether oxygens (including phenoxy) is 2. The molecule has 1 aliphatic rings. The van der Waals surface area contributed by atoms with Gasteiger partial charge in [0.05, 0.1) is 18.9 Å². The van der Waals surface area contributed by atoms with Gasteiger partial charge < -0.3 is 9.47 Å². The average Bonchev–Trinajstić information content (AvgIpc) is 3.19. The van der Waals surface area contributed by atoms with E-state index in [1.807, 2.05) is 24.3 Å². The topological polar surface area (TPSA) is 63.3 Å². The van der Waals surface area contributed by atoms with Crippen LogP contribution in [0.2, 0.25) is 5.02 Å². The molecule has 0 spiro atoms. The van der Waals surface area contributed by atoms with E-state index in [4.69, 9.17) is 21.1 Å². The number of hydrogen-bond acceptors (Lipinski definition) is 5. The van der Waals surface area contributed by atoms with E-state index in [-0.39, 0.29) is 11.6 Å². The van der Waals surface area contributed by atoms with Crippen molar-refractivity contribution in [1.29, 1.82) is 0 Å². The van der Waals surface area contributed by atoms with Gasteiger partial charge in [-0.25, -0.2) is 8.78 Å². The third kappa shape index (κ3) is 4.17. The molecule has 9 heteroatoms. The Labute approximate surface area is 187 Å². The van der Waals surface area contributed by atoms with Crippen molar-refractivity contribution >= 4 is 22.6 Å². The molecular formula is C23H19ClF2N4O2. The van der Waals surface area contributed by atoms with Crippen LogP contribution < -0.4 is 4.74 Å². The average molecular weight is 457 g/mol. The van der Waals surface area contributed by atoms with E-state index in [0.717, 1.165) is 47.4 Å². The standard InChI is InChI=1S/C23H19ClF2N4O2/c24-18-4-2-1-3-16(18)21-17-11-14(13-30-7-9-31-10-8-30)23(27-22(17)29-28-21)32-20-6-5-15(25)12-19(20)26/h1-6,11-12H,7-10,13H2,(H,27,28,29). The lowest BCUT2D eigenvalue weighted by molar-refractivity contribution is 0.0339. The van der Waals surface area contributed by atoms with E-state index in [2.05, 4.69) is 20.1 Å². The highest BCUT2D eigenvalue weighted by Gasteiger charge is 2.20. The molecule has 4 aromatic rings. The van der Waals surface area contributed by atoms with Gasteiger partial charge in [-0.15, -0.1) is 0 Å². The van der Waals surface area contributed by atoms with E-state index in [9.17, 15) is 8.78 Å². The Bertz CT molecular complexity index is 1270. The van der Waals surface area contributed by atoms with Crippen LogP contribution in [-0.2, 0) is 11.3 Å². The van der Waals surface area contributed by atoms with Crippen LogP contribution in [0.4, 0.5) is 8.78 Å². The number of hydrogen-bond donors (Lipinski definition) is 1. The number of benzene rings is 2. The van der Waals surface area contributed by atoms with E-state index < -0.39 is 11.6 Å². The molecule has 1 aliphatic heterocycles. The number of nitrogens with zero attached hydrogens (tertiary/aromatic N) is 3. The maximum atomic E-state index is 14.3. The molecule has 1 N–H and O–H groups in total. The van der Waals surface area contributed by atoms with Crippen LogP contribution in [0, 0.1) is 11.6 Å². The van der Waals surface area contributed by atoms with Crippen molar-refractivity contribution in [3.63, 3.8) is 0 Å². The Morgan fingerprint density at radius 3 is 2.69 bits per heavy atom. The van der Waals surface area contributed by atoms with Gasteiger partial charge in [-0.3, -0.25) is 10.00 Å². The minimum atomic E-state index is -0.803.